The van der Waals surface area contributed by atoms with Crippen LogP contribution >= 0.6 is 0 Å². The molecule has 0 saturated carbocycles. The molecule has 1 amide bonds. The molecular weight excluding hydrogens is 371 g/mol. The standard InChI is InChI=1S/C22H29FN4O2/c1-17(29-20-11-9-19(23)10-12-20)15-25-22(26-16-21(28)27(2)3)24-14-13-18-7-5-4-6-8-18/h4-12,17H,13-16H2,1-3H3,(H2,24,25,26). The van der Waals surface area contributed by atoms with Crippen LogP contribution in [-0.4, -0.2) is 56.6 Å². The maximum atomic E-state index is 13.0. The van der Waals surface area contributed by atoms with Crippen LogP contribution in [0.5, 0.6) is 5.75 Å². The maximum absolute atomic E-state index is 13.0. The first-order valence-electron chi connectivity index (χ1n) is 9.62. The highest BCUT2D eigenvalue weighted by molar-refractivity contribution is 5.84. The first-order valence-corrected chi connectivity index (χ1v) is 9.62. The molecule has 2 aromatic rings. The molecule has 0 fully saturated rings. The predicted octanol–water partition coefficient (Wildman–Crippen LogP) is 2.46. The lowest BCUT2D eigenvalue weighted by atomic mass is 10.1. The summed E-state index contributed by atoms with van der Waals surface area (Å²) in [5.41, 5.74) is 1.22. The van der Waals surface area contributed by atoms with Crippen LogP contribution in [0.15, 0.2) is 59.6 Å². The van der Waals surface area contributed by atoms with Crippen molar-refractivity contribution in [1.29, 1.82) is 0 Å². The van der Waals surface area contributed by atoms with Crippen LogP contribution in [0.2, 0.25) is 0 Å². The van der Waals surface area contributed by atoms with Crippen LogP contribution in [0.3, 0.4) is 0 Å². The predicted molar refractivity (Wildman–Crippen MR) is 114 cm³/mol. The molecule has 2 N–H and O–H groups in total. The van der Waals surface area contributed by atoms with Gasteiger partial charge < -0.3 is 20.3 Å². The van der Waals surface area contributed by atoms with Crippen LogP contribution in [0.4, 0.5) is 4.39 Å². The van der Waals surface area contributed by atoms with E-state index >= 15 is 0 Å². The Bertz CT molecular complexity index is 779. The molecule has 29 heavy (non-hydrogen) atoms. The second-order valence-electron chi connectivity index (χ2n) is 6.88. The number of likely N-dealkylation sites (N-methyl/N-ethyl adjacent to an activating group) is 1. The van der Waals surface area contributed by atoms with Crippen molar-refractivity contribution in [2.24, 2.45) is 4.99 Å². The molecular formula is C22H29FN4O2. The summed E-state index contributed by atoms with van der Waals surface area (Å²) < 4.78 is 18.8. The van der Waals surface area contributed by atoms with Gasteiger partial charge in [-0.05, 0) is 43.2 Å². The van der Waals surface area contributed by atoms with Crippen molar-refractivity contribution in [3.63, 3.8) is 0 Å². The van der Waals surface area contributed by atoms with Crippen LogP contribution < -0.4 is 15.4 Å². The fraction of sp³-hybridized carbons (Fsp3) is 0.364. The summed E-state index contributed by atoms with van der Waals surface area (Å²) >= 11 is 0. The second kappa shape index (κ2) is 11.7. The SMILES string of the molecule is CC(CNC(=NCC(=O)N(C)C)NCCc1ccccc1)Oc1ccc(F)cc1. The molecule has 7 heteroatoms. The molecule has 0 aliphatic heterocycles. The topological polar surface area (TPSA) is 66.0 Å². The summed E-state index contributed by atoms with van der Waals surface area (Å²) in [6.07, 6.45) is 0.663. The van der Waals surface area contributed by atoms with Gasteiger partial charge in [0.05, 0.1) is 6.54 Å². The van der Waals surface area contributed by atoms with Gasteiger partial charge in [-0.2, -0.15) is 0 Å². The van der Waals surface area contributed by atoms with Gasteiger partial charge in [-0.25, -0.2) is 9.38 Å². The number of hydrogen-bond acceptors (Lipinski definition) is 3. The van der Waals surface area contributed by atoms with Gasteiger partial charge in [-0.3, -0.25) is 4.79 Å². The molecule has 6 nitrogen and oxygen atoms in total. The fourth-order valence-electron chi connectivity index (χ4n) is 2.46. The van der Waals surface area contributed by atoms with Gasteiger partial charge in [-0.15, -0.1) is 0 Å². The smallest absolute Gasteiger partial charge is 0.243 e. The number of carbonyl (C=O) groups excluding carboxylic acids is 1. The van der Waals surface area contributed by atoms with Gasteiger partial charge in [-0.1, -0.05) is 30.3 Å². The van der Waals surface area contributed by atoms with Gasteiger partial charge in [0, 0.05) is 20.6 Å². The number of guanidine groups is 1. The van der Waals surface area contributed by atoms with Gasteiger partial charge in [0.15, 0.2) is 5.96 Å². The van der Waals surface area contributed by atoms with Crippen molar-refractivity contribution in [1.82, 2.24) is 15.5 Å². The van der Waals surface area contributed by atoms with E-state index in [2.05, 4.69) is 27.8 Å². The molecule has 0 radical (unpaired) electrons. The number of rotatable bonds is 9. The van der Waals surface area contributed by atoms with Gasteiger partial charge in [0.1, 0.15) is 24.2 Å². The minimum atomic E-state index is -0.300. The summed E-state index contributed by atoms with van der Waals surface area (Å²) in [5.74, 6) is 0.764. The third-order valence-corrected chi connectivity index (χ3v) is 4.13. The zero-order valence-corrected chi connectivity index (χ0v) is 17.2. The first-order chi connectivity index (χ1) is 13.9. The Morgan fingerprint density at radius 1 is 1.10 bits per heavy atom. The Balaban J connectivity index is 1.88. The maximum Gasteiger partial charge on any atom is 0.243 e. The fourth-order valence-corrected chi connectivity index (χ4v) is 2.46. The van der Waals surface area contributed by atoms with E-state index in [9.17, 15) is 9.18 Å². The molecule has 1 atom stereocenters. The van der Waals surface area contributed by atoms with E-state index in [0.717, 1.165) is 6.42 Å². The summed E-state index contributed by atoms with van der Waals surface area (Å²) in [6, 6.07) is 16.0. The number of ether oxygens (including phenoxy) is 1. The minimum absolute atomic E-state index is 0.0564. The molecule has 0 aromatic heterocycles. The molecule has 0 bridgehead atoms. The van der Waals surface area contributed by atoms with Crippen molar-refractivity contribution in [2.45, 2.75) is 19.4 Å². The van der Waals surface area contributed by atoms with Gasteiger partial charge in [0.25, 0.3) is 0 Å². The normalized spacial score (nSPS) is 12.2. The Hall–Kier alpha value is -3.09. The first kappa shape index (κ1) is 22.2. The third kappa shape index (κ3) is 8.64. The largest absolute Gasteiger partial charge is 0.489 e. The number of halogens is 1. The molecule has 0 saturated heterocycles. The number of benzene rings is 2. The summed E-state index contributed by atoms with van der Waals surface area (Å²) in [6.45, 7) is 3.12. The highest BCUT2D eigenvalue weighted by Gasteiger charge is 2.08. The monoisotopic (exact) mass is 400 g/mol. The Morgan fingerprint density at radius 2 is 1.79 bits per heavy atom. The van der Waals surface area contributed by atoms with E-state index in [0.29, 0.717) is 24.8 Å². The van der Waals surface area contributed by atoms with E-state index in [1.807, 2.05) is 25.1 Å². The van der Waals surface area contributed by atoms with Crippen molar-refractivity contribution in [3.05, 3.63) is 66.0 Å². The van der Waals surface area contributed by atoms with Gasteiger partial charge >= 0.3 is 0 Å². The summed E-state index contributed by atoms with van der Waals surface area (Å²) in [5, 5.41) is 6.45. The average molecular weight is 400 g/mol. The molecule has 0 heterocycles. The van der Waals surface area contributed by atoms with E-state index in [-0.39, 0.29) is 24.4 Å². The van der Waals surface area contributed by atoms with E-state index < -0.39 is 0 Å². The quantitative estimate of drug-likeness (QED) is 0.501. The van der Waals surface area contributed by atoms with Crippen LogP contribution in [0.1, 0.15) is 12.5 Å². The van der Waals surface area contributed by atoms with Crippen molar-refractivity contribution in [3.8, 4) is 5.75 Å². The highest BCUT2D eigenvalue weighted by atomic mass is 19.1. The lowest BCUT2D eigenvalue weighted by Crippen LogP contribution is -2.43. The molecule has 0 aliphatic carbocycles. The van der Waals surface area contributed by atoms with Crippen LogP contribution in [-0.2, 0) is 11.2 Å². The van der Waals surface area contributed by atoms with Crippen molar-refractivity contribution < 1.29 is 13.9 Å². The van der Waals surface area contributed by atoms with Crippen molar-refractivity contribution >= 4 is 11.9 Å². The Kier molecular flexibility index (Phi) is 8.95. The molecule has 0 spiro atoms. The van der Waals surface area contributed by atoms with E-state index in [1.54, 1.807) is 26.2 Å². The number of hydrogen-bond donors (Lipinski definition) is 2. The number of carbonyl (C=O) groups is 1. The zero-order valence-electron chi connectivity index (χ0n) is 17.2. The number of nitrogens with zero attached hydrogens (tertiary/aromatic N) is 2. The molecule has 2 aromatic carbocycles. The van der Waals surface area contributed by atoms with E-state index in [4.69, 9.17) is 4.74 Å². The van der Waals surface area contributed by atoms with Crippen LogP contribution in [0, 0.1) is 5.82 Å². The van der Waals surface area contributed by atoms with Gasteiger partial charge in [0.2, 0.25) is 5.91 Å². The lowest BCUT2D eigenvalue weighted by molar-refractivity contribution is -0.127. The summed E-state index contributed by atoms with van der Waals surface area (Å²) in [4.78, 5) is 17.7. The third-order valence-electron chi connectivity index (χ3n) is 4.13. The molecule has 2 rings (SSSR count). The zero-order chi connectivity index (χ0) is 21.1. The molecule has 1 unspecified atom stereocenters. The summed E-state index contributed by atoms with van der Waals surface area (Å²) in [7, 11) is 3.40. The van der Waals surface area contributed by atoms with Crippen LogP contribution in [0.25, 0.3) is 0 Å². The van der Waals surface area contributed by atoms with E-state index in [1.165, 1.54) is 22.6 Å². The highest BCUT2D eigenvalue weighted by Crippen LogP contribution is 2.12. The average Bonchev–Trinajstić information content (AvgIpc) is 2.71. The van der Waals surface area contributed by atoms with Crippen molar-refractivity contribution in [2.75, 3.05) is 33.7 Å². The molecule has 156 valence electrons. The second-order valence-corrected chi connectivity index (χ2v) is 6.88. The Labute approximate surface area is 171 Å². The number of amides is 1. The number of aliphatic imine (C=N–C) groups is 1. The minimum Gasteiger partial charge on any atom is -0.489 e. The molecule has 0 aliphatic rings. The number of nitrogens with one attached hydrogen (secondary N) is 2. The Morgan fingerprint density at radius 3 is 2.45 bits per heavy atom. The lowest BCUT2D eigenvalue weighted by Gasteiger charge is -2.18.